The van der Waals surface area contributed by atoms with E-state index in [0.29, 0.717) is 5.92 Å². The van der Waals surface area contributed by atoms with Crippen LogP contribution in [0.25, 0.3) is 0 Å². The van der Waals surface area contributed by atoms with Crippen molar-refractivity contribution in [3.05, 3.63) is 18.1 Å². The quantitative estimate of drug-likeness (QED) is 0.872. The van der Waals surface area contributed by atoms with Gasteiger partial charge in [-0.2, -0.15) is 0 Å². The van der Waals surface area contributed by atoms with Crippen molar-refractivity contribution in [3.8, 4) is 0 Å². The van der Waals surface area contributed by atoms with Gasteiger partial charge in [0.15, 0.2) is 0 Å². The highest BCUT2D eigenvalue weighted by Crippen LogP contribution is 2.39. The summed E-state index contributed by atoms with van der Waals surface area (Å²) in [5.74, 6) is 1.66. The van der Waals surface area contributed by atoms with Crippen LogP contribution in [0.4, 0.5) is 5.82 Å². The van der Waals surface area contributed by atoms with E-state index in [9.17, 15) is 0 Å². The zero-order valence-electron chi connectivity index (χ0n) is 14.2. The molecule has 0 radical (unpaired) electrons. The number of aromatic nitrogens is 2. The molecular formula is C17H29N5. The molecule has 1 aliphatic heterocycles. The first-order valence-electron chi connectivity index (χ1n) is 8.58. The number of nitrogens with zero attached hydrogens (tertiary/aromatic N) is 4. The molecule has 1 N–H and O–H groups in total. The summed E-state index contributed by atoms with van der Waals surface area (Å²) < 4.78 is 0. The number of hydrogen-bond donors (Lipinski definition) is 1. The molecule has 2 aliphatic rings. The van der Waals surface area contributed by atoms with E-state index in [4.69, 9.17) is 0 Å². The average Bonchev–Trinajstić information content (AvgIpc) is 3.38. The predicted octanol–water partition coefficient (Wildman–Crippen LogP) is 2.18. The standard InChI is InChI=1S/C17H29N5/c1-4-22-9-7-17(8-10-22,21(2)3)12-18-16-11-15(14-5-6-14)19-13-20-16/h11,13-14H,4-10,12H2,1-3H3,(H,18,19,20). The summed E-state index contributed by atoms with van der Waals surface area (Å²) in [6.45, 7) is 6.74. The van der Waals surface area contributed by atoms with Crippen LogP contribution in [0.15, 0.2) is 12.4 Å². The first-order valence-corrected chi connectivity index (χ1v) is 8.58. The van der Waals surface area contributed by atoms with E-state index >= 15 is 0 Å². The van der Waals surface area contributed by atoms with Crippen LogP contribution >= 0.6 is 0 Å². The molecule has 0 unspecified atom stereocenters. The van der Waals surface area contributed by atoms with Crippen molar-refractivity contribution in [2.24, 2.45) is 0 Å². The van der Waals surface area contributed by atoms with Crippen molar-refractivity contribution < 1.29 is 0 Å². The Hall–Kier alpha value is -1.20. The third kappa shape index (κ3) is 3.41. The lowest BCUT2D eigenvalue weighted by Crippen LogP contribution is -2.56. The average molecular weight is 303 g/mol. The molecule has 1 aromatic rings. The lowest BCUT2D eigenvalue weighted by molar-refractivity contribution is 0.0686. The molecular weight excluding hydrogens is 274 g/mol. The Morgan fingerprint density at radius 3 is 2.59 bits per heavy atom. The summed E-state index contributed by atoms with van der Waals surface area (Å²) >= 11 is 0. The lowest BCUT2D eigenvalue weighted by atomic mass is 9.86. The topological polar surface area (TPSA) is 44.3 Å². The number of nitrogens with one attached hydrogen (secondary N) is 1. The van der Waals surface area contributed by atoms with Gasteiger partial charge in [0.1, 0.15) is 12.1 Å². The fourth-order valence-corrected chi connectivity index (χ4v) is 3.39. The van der Waals surface area contributed by atoms with Gasteiger partial charge in [-0.15, -0.1) is 0 Å². The fourth-order valence-electron chi connectivity index (χ4n) is 3.39. The summed E-state index contributed by atoms with van der Waals surface area (Å²) in [5.41, 5.74) is 1.44. The Balaban J connectivity index is 1.63. The van der Waals surface area contributed by atoms with Crippen molar-refractivity contribution in [1.82, 2.24) is 19.8 Å². The third-order valence-electron chi connectivity index (χ3n) is 5.47. The van der Waals surface area contributed by atoms with Gasteiger partial charge in [-0.3, -0.25) is 0 Å². The molecule has 2 heterocycles. The molecule has 5 heteroatoms. The Kier molecular flexibility index (Phi) is 4.64. The summed E-state index contributed by atoms with van der Waals surface area (Å²) in [6, 6.07) is 2.14. The summed E-state index contributed by atoms with van der Waals surface area (Å²) in [7, 11) is 4.41. The summed E-state index contributed by atoms with van der Waals surface area (Å²) in [4.78, 5) is 13.7. The summed E-state index contributed by atoms with van der Waals surface area (Å²) in [5, 5.41) is 3.58. The van der Waals surface area contributed by atoms with Crippen LogP contribution in [0.1, 0.15) is 44.2 Å². The largest absolute Gasteiger partial charge is 0.368 e. The molecule has 1 saturated heterocycles. The zero-order chi connectivity index (χ0) is 15.6. The molecule has 0 bridgehead atoms. The molecule has 122 valence electrons. The van der Waals surface area contributed by atoms with Gasteiger partial charge in [-0.05, 0) is 59.4 Å². The van der Waals surface area contributed by atoms with Crippen LogP contribution in [-0.4, -0.2) is 65.6 Å². The van der Waals surface area contributed by atoms with Crippen molar-refractivity contribution in [1.29, 1.82) is 0 Å². The van der Waals surface area contributed by atoms with E-state index in [1.807, 2.05) is 0 Å². The van der Waals surface area contributed by atoms with Crippen LogP contribution in [-0.2, 0) is 0 Å². The molecule has 1 aromatic heterocycles. The van der Waals surface area contributed by atoms with E-state index in [2.05, 4.69) is 52.2 Å². The van der Waals surface area contributed by atoms with Crippen LogP contribution in [0.2, 0.25) is 0 Å². The van der Waals surface area contributed by atoms with E-state index < -0.39 is 0 Å². The van der Waals surface area contributed by atoms with Gasteiger partial charge < -0.3 is 15.1 Å². The number of likely N-dealkylation sites (tertiary alicyclic amines) is 1. The minimum Gasteiger partial charge on any atom is -0.368 e. The second kappa shape index (κ2) is 6.50. The molecule has 0 amide bonds. The highest BCUT2D eigenvalue weighted by atomic mass is 15.2. The second-order valence-electron chi connectivity index (χ2n) is 7.01. The highest BCUT2D eigenvalue weighted by molar-refractivity contribution is 5.37. The fraction of sp³-hybridized carbons (Fsp3) is 0.765. The SMILES string of the molecule is CCN1CCC(CNc2cc(C3CC3)ncn2)(N(C)C)CC1. The minimum absolute atomic E-state index is 0.233. The third-order valence-corrected chi connectivity index (χ3v) is 5.47. The van der Waals surface area contributed by atoms with Gasteiger partial charge in [0, 0.05) is 29.8 Å². The molecule has 3 rings (SSSR count). The molecule has 0 atom stereocenters. The van der Waals surface area contributed by atoms with Gasteiger partial charge in [0.2, 0.25) is 0 Å². The van der Waals surface area contributed by atoms with Crippen LogP contribution in [0.3, 0.4) is 0 Å². The van der Waals surface area contributed by atoms with E-state index in [0.717, 1.165) is 18.9 Å². The van der Waals surface area contributed by atoms with Crippen molar-refractivity contribution in [2.45, 2.75) is 44.1 Å². The molecule has 1 saturated carbocycles. The Bertz CT molecular complexity index is 490. The first kappa shape index (κ1) is 15.7. The van der Waals surface area contributed by atoms with Crippen molar-refractivity contribution in [3.63, 3.8) is 0 Å². The molecule has 0 spiro atoms. The van der Waals surface area contributed by atoms with Crippen LogP contribution < -0.4 is 5.32 Å². The second-order valence-corrected chi connectivity index (χ2v) is 7.01. The normalized spacial score (nSPS) is 22.0. The minimum atomic E-state index is 0.233. The van der Waals surface area contributed by atoms with E-state index in [1.54, 1.807) is 6.33 Å². The lowest BCUT2D eigenvalue weighted by Gasteiger charge is -2.46. The molecule has 2 fully saturated rings. The number of piperidine rings is 1. The molecule has 0 aromatic carbocycles. The Morgan fingerprint density at radius 1 is 1.27 bits per heavy atom. The number of rotatable bonds is 6. The Morgan fingerprint density at radius 2 is 2.00 bits per heavy atom. The maximum atomic E-state index is 4.40. The first-order chi connectivity index (χ1) is 10.6. The Labute approximate surface area is 134 Å². The van der Waals surface area contributed by atoms with Gasteiger partial charge in [-0.1, -0.05) is 6.92 Å². The zero-order valence-corrected chi connectivity index (χ0v) is 14.2. The maximum Gasteiger partial charge on any atom is 0.129 e. The monoisotopic (exact) mass is 303 g/mol. The van der Waals surface area contributed by atoms with Crippen LogP contribution in [0.5, 0.6) is 0 Å². The number of anilines is 1. The predicted molar refractivity (Wildman–Crippen MR) is 90.3 cm³/mol. The van der Waals surface area contributed by atoms with Gasteiger partial charge in [0.25, 0.3) is 0 Å². The van der Waals surface area contributed by atoms with Gasteiger partial charge in [0.05, 0.1) is 0 Å². The highest BCUT2D eigenvalue weighted by Gasteiger charge is 2.36. The van der Waals surface area contributed by atoms with Gasteiger partial charge in [-0.25, -0.2) is 9.97 Å². The maximum absolute atomic E-state index is 4.40. The molecule has 1 aliphatic carbocycles. The van der Waals surface area contributed by atoms with Crippen LogP contribution in [0, 0.1) is 0 Å². The molecule has 5 nitrogen and oxygen atoms in total. The van der Waals surface area contributed by atoms with E-state index in [1.165, 1.54) is 44.5 Å². The van der Waals surface area contributed by atoms with Gasteiger partial charge >= 0.3 is 0 Å². The van der Waals surface area contributed by atoms with E-state index in [-0.39, 0.29) is 5.54 Å². The number of hydrogen-bond acceptors (Lipinski definition) is 5. The number of likely N-dealkylation sites (N-methyl/N-ethyl adjacent to an activating group) is 1. The summed E-state index contributed by atoms with van der Waals surface area (Å²) in [6.07, 6.45) is 6.69. The van der Waals surface area contributed by atoms with Crippen molar-refractivity contribution in [2.75, 3.05) is 45.6 Å². The smallest absolute Gasteiger partial charge is 0.129 e. The van der Waals surface area contributed by atoms with Crippen molar-refractivity contribution >= 4 is 5.82 Å². The molecule has 22 heavy (non-hydrogen) atoms.